The molecule has 2 aromatic rings. The molecule has 19 heavy (non-hydrogen) atoms. The van der Waals surface area contributed by atoms with Crippen molar-refractivity contribution < 1.29 is 14.3 Å². The molecular formula is C16H12O3. The van der Waals surface area contributed by atoms with Crippen LogP contribution >= 0.6 is 0 Å². The molecule has 94 valence electrons. The highest BCUT2D eigenvalue weighted by Gasteiger charge is 2.42. The van der Waals surface area contributed by atoms with Crippen molar-refractivity contribution >= 4 is 5.78 Å². The van der Waals surface area contributed by atoms with Crippen LogP contribution in [0.3, 0.4) is 0 Å². The number of ketones is 1. The van der Waals surface area contributed by atoms with Crippen LogP contribution in [0.15, 0.2) is 48.5 Å². The maximum Gasteiger partial charge on any atom is 0.178 e. The van der Waals surface area contributed by atoms with Gasteiger partial charge in [0.25, 0.3) is 0 Å². The molecule has 0 N–H and O–H groups in total. The van der Waals surface area contributed by atoms with Gasteiger partial charge < -0.3 is 9.47 Å². The van der Waals surface area contributed by atoms with E-state index < -0.39 is 0 Å². The quantitative estimate of drug-likeness (QED) is 0.723. The molecule has 3 nitrogen and oxygen atoms in total. The summed E-state index contributed by atoms with van der Waals surface area (Å²) in [5, 5.41) is 0. The first-order valence-corrected chi connectivity index (χ1v) is 6.36. The van der Waals surface area contributed by atoms with Gasteiger partial charge in [0.1, 0.15) is 24.2 Å². The van der Waals surface area contributed by atoms with Crippen molar-refractivity contribution in [2.45, 2.75) is 12.0 Å². The summed E-state index contributed by atoms with van der Waals surface area (Å²) < 4.78 is 11.6. The third-order valence-corrected chi connectivity index (χ3v) is 3.74. The summed E-state index contributed by atoms with van der Waals surface area (Å²) in [7, 11) is 0. The van der Waals surface area contributed by atoms with E-state index in [-0.39, 0.29) is 17.8 Å². The summed E-state index contributed by atoms with van der Waals surface area (Å²) >= 11 is 0. The fraction of sp³-hybridized carbons (Fsp3) is 0.188. The smallest absolute Gasteiger partial charge is 0.178 e. The first kappa shape index (κ1) is 10.6. The lowest BCUT2D eigenvalue weighted by atomic mass is 9.82. The third kappa shape index (κ3) is 1.48. The number of hydrogen-bond donors (Lipinski definition) is 0. The number of benzene rings is 2. The molecule has 0 saturated carbocycles. The lowest BCUT2D eigenvalue weighted by Crippen LogP contribution is -2.42. The maximum atomic E-state index is 12.7. The van der Waals surface area contributed by atoms with E-state index >= 15 is 0 Å². The zero-order valence-electron chi connectivity index (χ0n) is 10.2. The van der Waals surface area contributed by atoms with E-state index in [2.05, 4.69) is 0 Å². The molecule has 2 atom stereocenters. The molecule has 0 aliphatic carbocycles. The van der Waals surface area contributed by atoms with Gasteiger partial charge in [0.05, 0.1) is 11.5 Å². The number of fused-ring (bicyclic) bond motifs is 4. The molecule has 0 unspecified atom stereocenters. The van der Waals surface area contributed by atoms with Gasteiger partial charge in [-0.3, -0.25) is 4.79 Å². The summed E-state index contributed by atoms with van der Waals surface area (Å²) in [5.74, 6) is 1.33. The lowest BCUT2D eigenvalue weighted by Gasteiger charge is -2.36. The van der Waals surface area contributed by atoms with E-state index in [0.29, 0.717) is 17.9 Å². The van der Waals surface area contributed by atoms with Gasteiger partial charge in [-0.05, 0) is 18.2 Å². The molecule has 2 aliphatic rings. The summed E-state index contributed by atoms with van der Waals surface area (Å²) in [5.41, 5.74) is 1.60. The molecule has 0 amide bonds. The van der Waals surface area contributed by atoms with Gasteiger partial charge in [-0.25, -0.2) is 0 Å². The van der Waals surface area contributed by atoms with Crippen LogP contribution in [0.25, 0.3) is 0 Å². The van der Waals surface area contributed by atoms with E-state index in [1.54, 1.807) is 0 Å². The number of para-hydroxylation sites is 2. The molecule has 0 radical (unpaired) electrons. The molecule has 2 heterocycles. The Morgan fingerprint density at radius 3 is 2.58 bits per heavy atom. The number of carbonyl (C=O) groups excluding carboxylic acids is 1. The second-order valence-corrected chi connectivity index (χ2v) is 4.84. The largest absolute Gasteiger partial charge is 0.489 e. The van der Waals surface area contributed by atoms with Gasteiger partial charge in [0, 0.05) is 5.56 Å². The van der Waals surface area contributed by atoms with Crippen LogP contribution in [0.5, 0.6) is 11.5 Å². The highest BCUT2D eigenvalue weighted by molar-refractivity contribution is 6.05. The van der Waals surface area contributed by atoms with Crippen LogP contribution in [0.1, 0.15) is 21.8 Å². The zero-order valence-corrected chi connectivity index (χ0v) is 10.2. The molecular weight excluding hydrogens is 240 g/mol. The van der Waals surface area contributed by atoms with E-state index in [9.17, 15) is 4.79 Å². The van der Waals surface area contributed by atoms with E-state index in [1.807, 2.05) is 48.5 Å². The topological polar surface area (TPSA) is 35.5 Å². The van der Waals surface area contributed by atoms with Crippen molar-refractivity contribution in [3.05, 3.63) is 59.7 Å². The Morgan fingerprint density at radius 2 is 1.68 bits per heavy atom. The Kier molecular flexibility index (Phi) is 2.15. The molecule has 2 aliphatic heterocycles. The summed E-state index contributed by atoms with van der Waals surface area (Å²) in [6.07, 6.45) is -0.225. The molecule has 2 aromatic carbocycles. The molecule has 0 fully saturated rings. The monoisotopic (exact) mass is 252 g/mol. The number of rotatable bonds is 0. The molecule has 0 saturated heterocycles. The first-order chi connectivity index (χ1) is 9.34. The summed E-state index contributed by atoms with van der Waals surface area (Å²) in [6, 6.07) is 15.1. The molecule has 0 aromatic heterocycles. The highest BCUT2D eigenvalue weighted by Crippen LogP contribution is 2.42. The van der Waals surface area contributed by atoms with Crippen molar-refractivity contribution in [2.24, 2.45) is 0 Å². The standard InChI is InChI=1S/C16H12O3/c17-16-11-6-2-4-8-13(11)19-14-9-18-12-7-3-1-5-10(12)15(14)16/h1-8,14-15H,9H2/t14-,15-/m0/s1. The third-order valence-electron chi connectivity index (χ3n) is 3.74. The Hall–Kier alpha value is -2.29. The predicted octanol–water partition coefficient (Wildman–Crippen LogP) is 2.81. The van der Waals surface area contributed by atoms with Crippen molar-refractivity contribution in [1.29, 1.82) is 0 Å². The SMILES string of the molecule is O=C1c2ccccc2O[C@H]2COc3ccccc3[C@H]12. The van der Waals surface area contributed by atoms with E-state index in [4.69, 9.17) is 9.47 Å². The predicted molar refractivity (Wildman–Crippen MR) is 69.9 cm³/mol. The van der Waals surface area contributed by atoms with Crippen molar-refractivity contribution in [3.8, 4) is 11.5 Å². The minimum Gasteiger partial charge on any atom is -0.489 e. The average molecular weight is 252 g/mol. The normalized spacial score (nSPS) is 23.5. The van der Waals surface area contributed by atoms with Gasteiger partial charge in [0.15, 0.2) is 5.78 Å². The number of hydrogen-bond acceptors (Lipinski definition) is 3. The van der Waals surface area contributed by atoms with Crippen LogP contribution in [0.4, 0.5) is 0 Å². The molecule has 3 heteroatoms. The van der Waals surface area contributed by atoms with Gasteiger partial charge in [-0.2, -0.15) is 0 Å². The van der Waals surface area contributed by atoms with Gasteiger partial charge in [0.2, 0.25) is 0 Å². The second-order valence-electron chi connectivity index (χ2n) is 4.84. The Balaban J connectivity index is 1.87. The summed E-state index contributed by atoms with van der Waals surface area (Å²) in [6.45, 7) is 0.418. The fourth-order valence-corrected chi connectivity index (χ4v) is 2.85. The summed E-state index contributed by atoms with van der Waals surface area (Å²) in [4.78, 5) is 12.7. The number of ether oxygens (including phenoxy) is 2. The van der Waals surface area contributed by atoms with Crippen LogP contribution < -0.4 is 9.47 Å². The Bertz CT molecular complexity index is 663. The highest BCUT2D eigenvalue weighted by atomic mass is 16.5. The van der Waals surface area contributed by atoms with Crippen LogP contribution in [0.2, 0.25) is 0 Å². The van der Waals surface area contributed by atoms with Gasteiger partial charge in [-0.1, -0.05) is 30.3 Å². The van der Waals surface area contributed by atoms with Crippen molar-refractivity contribution in [1.82, 2.24) is 0 Å². The number of carbonyl (C=O) groups is 1. The molecule has 0 bridgehead atoms. The van der Waals surface area contributed by atoms with Crippen LogP contribution in [-0.4, -0.2) is 18.5 Å². The average Bonchev–Trinajstić information content (AvgIpc) is 2.47. The van der Waals surface area contributed by atoms with Crippen LogP contribution in [0, 0.1) is 0 Å². The van der Waals surface area contributed by atoms with Crippen molar-refractivity contribution in [2.75, 3.05) is 6.61 Å². The molecule has 0 spiro atoms. The Morgan fingerprint density at radius 1 is 0.947 bits per heavy atom. The minimum absolute atomic E-state index is 0.127. The minimum atomic E-state index is -0.250. The molecule has 4 rings (SSSR count). The lowest BCUT2D eigenvalue weighted by molar-refractivity contribution is 0.0561. The number of Topliss-reactive ketones (excluding diaryl/α,β-unsaturated/α-hetero) is 1. The van der Waals surface area contributed by atoms with Crippen molar-refractivity contribution in [3.63, 3.8) is 0 Å². The van der Waals surface area contributed by atoms with E-state index in [1.165, 1.54) is 0 Å². The maximum absolute atomic E-state index is 12.7. The fourth-order valence-electron chi connectivity index (χ4n) is 2.85. The Labute approximate surface area is 110 Å². The van der Waals surface area contributed by atoms with E-state index in [0.717, 1.165) is 11.3 Å². The van der Waals surface area contributed by atoms with Gasteiger partial charge >= 0.3 is 0 Å². The second kappa shape index (κ2) is 3.85. The van der Waals surface area contributed by atoms with Crippen LogP contribution in [-0.2, 0) is 0 Å². The first-order valence-electron chi connectivity index (χ1n) is 6.36. The zero-order chi connectivity index (χ0) is 12.8. The van der Waals surface area contributed by atoms with Gasteiger partial charge in [-0.15, -0.1) is 0 Å².